The SMILES string of the molecule is COC(C#N)(CC(C)(OC)OC)/N=N/C(C#N)(CC(C)(OC)OC)OC. The summed E-state index contributed by atoms with van der Waals surface area (Å²) in [7, 11) is 8.30. The van der Waals surface area contributed by atoms with E-state index in [4.69, 9.17) is 28.4 Å². The number of nitrogens with zero attached hydrogens (tertiary/aromatic N) is 4. The maximum Gasteiger partial charge on any atom is 0.271 e. The molecular weight excluding hydrogens is 344 g/mol. The smallest absolute Gasteiger partial charge is 0.271 e. The zero-order valence-electron chi connectivity index (χ0n) is 16.7. The highest BCUT2D eigenvalue weighted by atomic mass is 16.7. The quantitative estimate of drug-likeness (QED) is 0.376. The van der Waals surface area contributed by atoms with Crippen LogP contribution in [-0.2, 0) is 28.4 Å². The van der Waals surface area contributed by atoms with Crippen LogP contribution in [0.3, 0.4) is 0 Å². The summed E-state index contributed by atoms with van der Waals surface area (Å²) < 4.78 is 31.5. The number of methoxy groups -OCH3 is 6. The van der Waals surface area contributed by atoms with E-state index in [1.165, 1.54) is 42.7 Å². The van der Waals surface area contributed by atoms with Crippen LogP contribution in [0.2, 0.25) is 0 Å². The third-order valence-corrected chi connectivity index (χ3v) is 4.25. The fraction of sp³-hybridized carbons (Fsp3) is 0.875. The van der Waals surface area contributed by atoms with Crippen molar-refractivity contribution in [3.8, 4) is 12.1 Å². The van der Waals surface area contributed by atoms with Crippen molar-refractivity contribution in [2.75, 3.05) is 42.7 Å². The third-order valence-electron chi connectivity index (χ3n) is 4.25. The van der Waals surface area contributed by atoms with Crippen molar-refractivity contribution >= 4 is 0 Å². The van der Waals surface area contributed by atoms with E-state index in [1.807, 2.05) is 12.1 Å². The lowest BCUT2D eigenvalue weighted by Crippen LogP contribution is -2.43. The summed E-state index contributed by atoms with van der Waals surface area (Å²) >= 11 is 0. The Balaban J connectivity index is 5.88. The summed E-state index contributed by atoms with van der Waals surface area (Å²) in [6.45, 7) is 3.24. The molecule has 0 rings (SSSR count). The predicted molar refractivity (Wildman–Crippen MR) is 89.6 cm³/mol. The standard InChI is InChI=1S/C16H28N4O6/c1-13(21-3,22-4)9-15(11-17,25-7)19-20-16(12-18,26-8)10-14(2,23-5)24-6/h9-10H2,1-8H3/b20-19+. The molecule has 148 valence electrons. The van der Waals surface area contributed by atoms with Crippen LogP contribution in [0, 0.1) is 22.7 Å². The second-order valence-corrected chi connectivity index (χ2v) is 5.84. The zero-order valence-corrected chi connectivity index (χ0v) is 16.7. The minimum Gasteiger partial charge on any atom is -0.353 e. The van der Waals surface area contributed by atoms with Gasteiger partial charge in [-0.3, -0.25) is 0 Å². The average molecular weight is 372 g/mol. The predicted octanol–water partition coefficient (Wildman–Crippen LogP) is 1.97. The highest BCUT2D eigenvalue weighted by Crippen LogP contribution is 2.32. The van der Waals surface area contributed by atoms with E-state index >= 15 is 0 Å². The summed E-state index contributed by atoms with van der Waals surface area (Å²) in [6, 6.07) is 3.86. The first-order valence-corrected chi connectivity index (χ1v) is 7.68. The Labute approximate surface area is 154 Å². The summed E-state index contributed by atoms with van der Waals surface area (Å²) in [4.78, 5) is 0. The maximum atomic E-state index is 9.59. The van der Waals surface area contributed by atoms with Crippen LogP contribution in [0.15, 0.2) is 10.2 Å². The largest absolute Gasteiger partial charge is 0.353 e. The van der Waals surface area contributed by atoms with Gasteiger partial charge in [0.1, 0.15) is 12.1 Å². The monoisotopic (exact) mass is 372 g/mol. The van der Waals surface area contributed by atoms with Crippen LogP contribution in [-0.4, -0.2) is 65.7 Å². The minimum atomic E-state index is -1.75. The van der Waals surface area contributed by atoms with Gasteiger partial charge in [-0.15, -0.1) is 10.2 Å². The molecular formula is C16H28N4O6. The van der Waals surface area contributed by atoms with Crippen molar-refractivity contribution in [2.24, 2.45) is 10.2 Å². The van der Waals surface area contributed by atoms with Gasteiger partial charge in [0.25, 0.3) is 11.4 Å². The van der Waals surface area contributed by atoms with Gasteiger partial charge in [0.2, 0.25) is 0 Å². The van der Waals surface area contributed by atoms with Crippen LogP contribution in [0.1, 0.15) is 26.7 Å². The summed E-state index contributed by atoms with van der Waals surface area (Å²) in [5.74, 6) is -2.30. The first-order valence-electron chi connectivity index (χ1n) is 7.68. The lowest BCUT2D eigenvalue weighted by Gasteiger charge is -2.34. The number of ether oxygens (including phenoxy) is 6. The maximum absolute atomic E-state index is 9.59. The molecule has 0 aliphatic carbocycles. The van der Waals surface area contributed by atoms with Crippen LogP contribution < -0.4 is 0 Å². The van der Waals surface area contributed by atoms with Crippen molar-refractivity contribution in [1.82, 2.24) is 0 Å². The van der Waals surface area contributed by atoms with Crippen LogP contribution in [0.4, 0.5) is 0 Å². The molecule has 0 N–H and O–H groups in total. The molecule has 10 heteroatoms. The van der Waals surface area contributed by atoms with Crippen LogP contribution in [0.5, 0.6) is 0 Å². The molecule has 2 atom stereocenters. The minimum absolute atomic E-state index is 0.0967. The molecule has 0 heterocycles. The first kappa shape index (κ1) is 24.3. The summed E-state index contributed by atoms with van der Waals surface area (Å²) in [5, 5.41) is 27.1. The molecule has 0 aromatic rings. The molecule has 0 aromatic carbocycles. The number of azo groups is 1. The van der Waals surface area contributed by atoms with Crippen molar-refractivity contribution in [2.45, 2.75) is 49.7 Å². The van der Waals surface area contributed by atoms with Crippen molar-refractivity contribution in [3.63, 3.8) is 0 Å². The van der Waals surface area contributed by atoms with E-state index in [-0.39, 0.29) is 12.8 Å². The van der Waals surface area contributed by atoms with Gasteiger partial charge in [-0.2, -0.15) is 10.5 Å². The van der Waals surface area contributed by atoms with Gasteiger partial charge >= 0.3 is 0 Å². The Morgan fingerprint density at radius 1 is 0.615 bits per heavy atom. The molecule has 0 fully saturated rings. The van der Waals surface area contributed by atoms with E-state index in [1.54, 1.807) is 13.8 Å². The highest BCUT2D eigenvalue weighted by Gasteiger charge is 2.44. The fourth-order valence-electron chi connectivity index (χ4n) is 2.00. The van der Waals surface area contributed by atoms with E-state index < -0.39 is 23.0 Å². The Kier molecular flexibility index (Phi) is 9.25. The van der Waals surface area contributed by atoms with E-state index in [0.717, 1.165) is 0 Å². The lowest BCUT2D eigenvalue weighted by atomic mass is 10.0. The third kappa shape index (κ3) is 5.95. The molecule has 0 radical (unpaired) electrons. The van der Waals surface area contributed by atoms with Crippen molar-refractivity contribution in [1.29, 1.82) is 10.5 Å². The van der Waals surface area contributed by atoms with Crippen LogP contribution in [0.25, 0.3) is 0 Å². The normalized spacial score (nSPS) is 17.3. The summed E-state index contributed by atoms with van der Waals surface area (Å²) in [5.41, 5.74) is -3.50. The van der Waals surface area contributed by atoms with Crippen molar-refractivity contribution in [3.05, 3.63) is 0 Å². The van der Waals surface area contributed by atoms with Gasteiger partial charge in [-0.25, -0.2) is 0 Å². The van der Waals surface area contributed by atoms with E-state index in [0.29, 0.717) is 0 Å². The molecule has 10 nitrogen and oxygen atoms in total. The van der Waals surface area contributed by atoms with Crippen LogP contribution >= 0.6 is 0 Å². The Morgan fingerprint density at radius 3 is 1.04 bits per heavy atom. The Hall–Kier alpha value is -1.66. The number of hydrogen-bond donors (Lipinski definition) is 0. The second kappa shape index (κ2) is 9.88. The molecule has 0 aliphatic heterocycles. The molecule has 26 heavy (non-hydrogen) atoms. The number of hydrogen-bond acceptors (Lipinski definition) is 10. The van der Waals surface area contributed by atoms with Gasteiger partial charge < -0.3 is 28.4 Å². The van der Waals surface area contributed by atoms with Gasteiger partial charge in [-0.05, 0) is 13.8 Å². The van der Waals surface area contributed by atoms with Gasteiger partial charge in [0.15, 0.2) is 11.6 Å². The van der Waals surface area contributed by atoms with Gasteiger partial charge in [0, 0.05) is 42.7 Å². The molecule has 0 amide bonds. The molecule has 0 aromatic heterocycles. The van der Waals surface area contributed by atoms with Gasteiger partial charge in [-0.1, -0.05) is 0 Å². The van der Waals surface area contributed by atoms with E-state index in [9.17, 15) is 10.5 Å². The fourth-order valence-corrected chi connectivity index (χ4v) is 2.00. The number of rotatable bonds is 12. The lowest BCUT2D eigenvalue weighted by molar-refractivity contribution is -0.224. The molecule has 0 aliphatic rings. The Bertz CT molecular complexity index is 502. The van der Waals surface area contributed by atoms with Gasteiger partial charge in [0.05, 0.1) is 12.8 Å². The molecule has 0 spiro atoms. The topological polar surface area (TPSA) is 128 Å². The highest BCUT2D eigenvalue weighted by molar-refractivity contribution is 5.05. The van der Waals surface area contributed by atoms with E-state index in [2.05, 4.69) is 10.2 Å². The molecule has 0 bridgehead atoms. The second-order valence-electron chi connectivity index (χ2n) is 5.84. The number of nitriles is 2. The molecule has 0 saturated carbocycles. The molecule has 0 saturated heterocycles. The first-order chi connectivity index (χ1) is 12.1. The van der Waals surface area contributed by atoms with Crippen molar-refractivity contribution < 1.29 is 28.4 Å². The summed E-state index contributed by atoms with van der Waals surface area (Å²) in [6.07, 6.45) is -0.193. The zero-order chi connectivity index (χ0) is 20.5. The Morgan fingerprint density at radius 2 is 0.885 bits per heavy atom. The average Bonchev–Trinajstić information content (AvgIpc) is 2.69. The molecule has 2 unspecified atom stereocenters.